The van der Waals surface area contributed by atoms with Crippen LogP contribution in [0, 0.1) is 23.2 Å². The highest BCUT2D eigenvalue weighted by molar-refractivity contribution is 5.56. The van der Waals surface area contributed by atoms with Crippen LogP contribution >= 0.6 is 0 Å². The third-order valence-corrected chi connectivity index (χ3v) is 7.58. The van der Waals surface area contributed by atoms with Crippen molar-refractivity contribution in [1.82, 2.24) is 9.38 Å². The SMILES string of the molecule is c1cc(OCCC23CC4CC(CC(C4)C2)C3)n2cnc(C3CC3)c2c1. The van der Waals surface area contributed by atoms with Crippen molar-refractivity contribution in [3.8, 4) is 5.88 Å². The minimum Gasteiger partial charge on any atom is -0.479 e. The minimum absolute atomic E-state index is 0.608. The van der Waals surface area contributed by atoms with Gasteiger partial charge in [-0.1, -0.05) is 6.07 Å². The maximum Gasteiger partial charge on any atom is 0.199 e. The fourth-order valence-electron chi connectivity index (χ4n) is 6.77. The van der Waals surface area contributed by atoms with E-state index < -0.39 is 0 Å². The number of aromatic nitrogens is 2. The molecule has 3 heteroatoms. The van der Waals surface area contributed by atoms with Crippen LogP contribution in [0.5, 0.6) is 5.88 Å². The average molecular weight is 336 g/mol. The summed E-state index contributed by atoms with van der Waals surface area (Å²) in [6.07, 6.45) is 14.8. The Balaban J connectivity index is 1.18. The predicted molar refractivity (Wildman–Crippen MR) is 97.9 cm³/mol. The molecule has 4 bridgehead atoms. The van der Waals surface area contributed by atoms with Crippen LogP contribution in [0.15, 0.2) is 24.5 Å². The second-order valence-corrected chi connectivity index (χ2v) is 9.54. The first-order chi connectivity index (χ1) is 12.3. The highest BCUT2D eigenvalue weighted by Crippen LogP contribution is 2.61. The molecule has 0 atom stereocenters. The molecule has 5 aliphatic carbocycles. The van der Waals surface area contributed by atoms with Gasteiger partial charge in [-0.05, 0) is 93.1 Å². The fraction of sp³-hybridized carbons (Fsp3) is 0.682. The fourth-order valence-corrected chi connectivity index (χ4v) is 6.77. The summed E-state index contributed by atoms with van der Waals surface area (Å²) in [4.78, 5) is 4.66. The minimum atomic E-state index is 0.608. The van der Waals surface area contributed by atoms with Crippen LogP contribution in [-0.2, 0) is 0 Å². The smallest absolute Gasteiger partial charge is 0.199 e. The highest BCUT2D eigenvalue weighted by atomic mass is 16.5. The van der Waals surface area contributed by atoms with Gasteiger partial charge in [-0.2, -0.15) is 0 Å². The molecule has 0 amide bonds. The molecule has 7 rings (SSSR count). The van der Waals surface area contributed by atoms with Crippen molar-refractivity contribution >= 4 is 5.52 Å². The molecule has 2 heterocycles. The molecule has 5 saturated carbocycles. The number of fused-ring (bicyclic) bond motifs is 1. The first-order valence-electron chi connectivity index (χ1n) is 10.4. The standard InChI is InChI=1S/C22H28N2O/c1-2-19-21(18-4-5-18)23-14-24(19)20(3-1)25-7-6-22-11-15-8-16(12-22)10-17(9-15)13-22/h1-3,14-18H,4-13H2. The van der Waals surface area contributed by atoms with Crippen LogP contribution in [0.2, 0.25) is 0 Å². The van der Waals surface area contributed by atoms with Gasteiger partial charge in [-0.25, -0.2) is 4.98 Å². The number of rotatable bonds is 5. The van der Waals surface area contributed by atoms with Crippen LogP contribution < -0.4 is 4.74 Å². The van der Waals surface area contributed by atoms with E-state index in [1.165, 1.54) is 69.0 Å². The topological polar surface area (TPSA) is 26.5 Å². The maximum absolute atomic E-state index is 6.29. The number of imidazole rings is 1. The molecule has 25 heavy (non-hydrogen) atoms. The van der Waals surface area contributed by atoms with Gasteiger partial charge in [0.2, 0.25) is 0 Å². The molecule has 0 N–H and O–H groups in total. The number of ether oxygens (including phenoxy) is 1. The van der Waals surface area contributed by atoms with Gasteiger partial charge in [0.1, 0.15) is 6.33 Å². The first kappa shape index (κ1) is 14.6. The van der Waals surface area contributed by atoms with Crippen LogP contribution in [0.4, 0.5) is 0 Å². The second kappa shape index (κ2) is 5.25. The van der Waals surface area contributed by atoms with Gasteiger partial charge < -0.3 is 4.74 Å². The number of hydrogen-bond acceptors (Lipinski definition) is 2. The van der Waals surface area contributed by atoms with Crippen molar-refractivity contribution in [1.29, 1.82) is 0 Å². The van der Waals surface area contributed by atoms with E-state index in [1.807, 2.05) is 6.33 Å². The van der Waals surface area contributed by atoms with Gasteiger partial charge in [0.25, 0.3) is 0 Å². The van der Waals surface area contributed by atoms with Crippen molar-refractivity contribution < 1.29 is 4.74 Å². The van der Waals surface area contributed by atoms with Gasteiger partial charge in [0, 0.05) is 5.92 Å². The quantitative estimate of drug-likeness (QED) is 0.750. The summed E-state index contributed by atoms with van der Waals surface area (Å²) in [6, 6.07) is 6.42. The van der Waals surface area contributed by atoms with Crippen LogP contribution in [0.25, 0.3) is 5.52 Å². The largest absolute Gasteiger partial charge is 0.479 e. The molecular formula is C22H28N2O. The number of nitrogens with zero attached hydrogens (tertiary/aromatic N) is 2. The summed E-state index contributed by atoms with van der Waals surface area (Å²) in [7, 11) is 0. The summed E-state index contributed by atoms with van der Waals surface area (Å²) >= 11 is 0. The van der Waals surface area contributed by atoms with Gasteiger partial charge in [-0.3, -0.25) is 4.40 Å². The lowest BCUT2D eigenvalue weighted by Gasteiger charge is -2.57. The van der Waals surface area contributed by atoms with E-state index in [0.717, 1.165) is 30.2 Å². The first-order valence-corrected chi connectivity index (χ1v) is 10.4. The Bertz CT molecular complexity index is 768. The summed E-state index contributed by atoms with van der Waals surface area (Å²) in [6.45, 7) is 0.863. The molecule has 5 fully saturated rings. The molecular weight excluding hydrogens is 308 g/mol. The van der Waals surface area contributed by atoms with E-state index in [0.29, 0.717) is 11.3 Å². The molecule has 132 valence electrons. The van der Waals surface area contributed by atoms with E-state index in [-0.39, 0.29) is 0 Å². The van der Waals surface area contributed by atoms with Crippen molar-refractivity contribution in [3.05, 3.63) is 30.2 Å². The van der Waals surface area contributed by atoms with Crippen LogP contribution in [0.3, 0.4) is 0 Å². The van der Waals surface area contributed by atoms with Crippen LogP contribution in [-0.4, -0.2) is 16.0 Å². The molecule has 0 spiro atoms. The number of pyridine rings is 1. The lowest BCUT2D eigenvalue weighted by atomic mass is 9.49. The third-order valence-electron chi connectivity index (χ3n) is 7.58. The molecule has 0 aliphatic heterocycles. The summed E-state index contributed by atoms with van der Waals surface area (Å²) < 4.78 is 8.45. The van der Waals surface area contributed by atoms with Gasteiger partial charge in [0.15, 0.2) is 5.88 Å². The third kappa shape index (κ3) is 2.42. The lowest BCUT2D eigenvalue weighted by Crippen LogP contribution is -2.46. The maximum atomic E-state index is 6.29. The Morgan fingerprint density at radius 3 is 2.44 bits per heavy atom. The lowest BCUT2D eigenvalue weighted by molar-refractivity contribution is -0.0624. The molecule has 0 aromatic carbocycles. The van der Waals surface area contributed by atoms with Gasteiger partial charge in [-0.15, -0.1) is 0 Å². The Morgan fingerprint density at radius 1 is 1.04 bits per heavy atom. The average Bonchev–Trinajstić information content (AvgIpc) is 3.33. The summed E-state index contributed by atoms with van der Waals surface area (Å²) in [5.41, 5.74) is 3.12. The monoisotopic (exact) mass is 336 g/mol. The van der Waals surface area contributed by atoms with Crippen molar-refractivity contribution in [2.24, 2.45) is 23.2 Å². The van der Waals surface area contributed by atoms with E-state index in [4.69, 9.17) is 4.74 Å². The van der Waals surface area contributed by atoms with Gasteiger partial charge in [0.05, 0.1) is 17.8 Å². The Kier molecular flexibility index (Phi) is 3.07. The summed E-state index contributed by atoms with van der Waals surface area (Å²) in [5, 5.41) is 0. The van der Waals surface area contributed by atoms with E-state index in [2.05, 4.69) is 27.6 Å². The molecule has 5 aliphatic rings. The van der Waals surface area contributed by atoms with Crippen molar-refractivity contribution in [3.63, 3.8) is 0 Å². The normalized spacial score (nSPS) is 36.2. The zero-order chi connectivity index (χ0) is 16.4. The Morgan fingerprint density at radius 2 is 1.76 bits per heavy atom. The van der Waals surface area contributed by atoms with Crippen molar-refractivity contribution in [2.75, 3.05) is 6.61 Å². The molecule has 3 nitrogen and oxygen atoms in total. The second-order valence-electron chi connectivity index (χ2n) is 9.54. The molecule has 0 saturated heterocycles. The van der Waals surface area contributed by atoms with Gasteiger partial charge >= 0.3 is 0 Å². The van der Waals surface area contributed by atoms with E-state index >= 15 is 0 Å². The molecule has 0 radical (unpaired) electrons. The molecule has 0 unspecified atom stereocenters. The van der Waals surface area contributed by atoms with E-state index in [1.54, 1.807) is 0 Å². The highest BCUT2D eigenvalue weighted by Gasteiger charge is 2.50. The predicted octanol–water partition coefficient (Wildman–Crippen LogP) is 5.20. The Hall–Kier alpha value is -1.51. The molecule has 2 aromatic rings. The van der Waals surface area contributed by atoms with E-state index in [9.17, 15) is 0 Å². The van der Waals surface area contributed by atoms with Crippen molar-refractivity contribution in [2.45, 2.75) is 63.7 Å². The zero-order valence-electron chi connectivity index (χ0n) is 15.0. The Labute approximate surface area is 149 Å². The molecule has 2 aromatic heterocycles. The zero-order valence-corrected chi connectivity index (χ0v) is 15.0. The summed E-state index contributed by atoms with van der Waals surface area (Å²) in [5.74, 6) is 4.76. The number of hydrogen-bond donors (Lipinski definition) is 0. The van der Waals surface area contributed by atoms with Crippen LogP contribution in [0.1, 0.15) is 69.4 Å².